The molecule has 3 rings (SSSR count). The molecule has 38 heavy (non-hydrogen) atoms. The molecule has 0 spiro atoms. The molecule has 3 aromatic rings. The minimum absolute atomic E-state index is 0.0509. The first-order chi connectivity index (χ1) is 18.0. The monoisotopic (exact) mass is 528 g/mol. The third-order valence-electron chi connectivity index (χ3n) is 6.29. The van der Waals surface area contributed by atoms with E-state index in [1.165, 1.54) is 0 Å². The van der Waals surface area contributed by atoms with Gasteiger partial charge in [0.1, 0.15) is 11.9 Å². The number of nitrogens with zero attached hydrogens (tertiary/aromatic N) is 3. The normalized spacial score (nSPS) is 13.4. The topological polar surface area (TPSA) is 117 Å². The lowest BCUT2D eigenvalue weighted by Crippen LogP contribution is -2.46. The van der Waals surface area contributed by atoms with Crippen molar-refractivity contribution >= 4 is 17.0 Å². The summed E-state index contributed by atoms with van der Waals surface area (Å²) in [4.78, 5) is 29.7. The lowest BCUT2D eigenvalue weighted by molar-refractivity contribution is -0.152. The van der Waals surface area contributed by atoms with Crippen LogP contribution in [0.15, 0.2) is 35.3 Å². The Hall–Kier alpha value is -3.05. The number of aryl methyl sites for hydroxylation is 2. The van der Waals surface area contributed by atoms with Crippen LogP contribution >= 0.6 is 0 Å². The van der Waals surface area contributed by atoms with E-state index in [0.29, 0.717) is 31.9 Å². The first-order valence-electron chi connectivity index (χ1n) is 12.8. The van der Waals surface area contributed by atoms with Crippen LogP contribution < -0.4 is 10.9 Å². The SMILES string of the molecule is COCC(COC)Cn1c(-c2cc(C)c(=O)n(C)c2)nc2ccc(CN[C@H](C(=O)OC(C)C)[C@@H](C)O)cc21. The molecule has 10 nitrogen and oxygen atoms in total. The van der Waals surface area contributed by atoms with Gasteiger partial charge in [0.15, 0.2) is 0 Å². The fourth-order valence-corrected chi connectivity index (χ4v) is 4.55. The molecule has 0 unspecified atom stereocenters. The van der Waals surface area contributed by atoms with Crippen LogP contribution in [-0.2, 0) is 39.1 Å². The lowest BCUT2D eigenvalue weighted by atomic mass is 10.1. The molecular formula is C28H40N4O6. The van der Waals surface area contributed by atoms with Gasteiger partial charge in [0, 0.05) is 57.6 Å². The highest BCUT2D eigenvalue weighted by Gasteiger charge is 2.26. The molecule has 0 aliphatic rings. The summed E-state index contributed by atoms with van der Waals surface area (Å²) < 4.78 is 19.9. The largest absolute Gasteiger partial charge is 0.462 e. The number of aromatic nitrogens is 3. The third kappa shape index (κ3) is 7.08. The molecule has 0 fully saturated rings. The number of esters is 1. The Labute approximate surface area is 223 Å². The van der Waals surface area contributed by atoms with E-state index in [0.717, 1.165) is 28.0 Å². The van der Waals surface area contributed by atoms with Crippen LogP contribution in [-0.4, -0.2) is 70.9 Å². The zero-order chi connectivity index (χ0) is 28.0. The van der Waals surface area contributed by atoms with Gasteiger partial charge in [-0.2, -0.15) is 0 Å². The summed E-state index contributed by atoms with van der Waals surface area (Å²) in [5.74, 6) is 0.320. The Morgan fingerprint density at radius 2 is 1.82 bits per heavy atom. The average molecular weight is 529 g/mol. The minimum Gasteiger partial charge on any atom is -0.462 e. The Bertz CT molecular complexity index is 1260. The average Bonchev–Trinajstić information content (AvgIpc) is 3.19. The molecule has 10 heteroatoms. The molecule has 2 heterocycles. The smallest absolute Gasteiger partial charge is 0.326 e. The zero-order valence-electron chi connectivity index (χ0n) is 23.4. The van der Waals surface area contributed by atoms with E-state index in [4.69, 9.17) is 19.2 Å². The van der Waals surface area contributed by atoms with Gasteiger partial charge in [-0.1, -0.05) is 6.07 Å². The van der Waals surface area contributed by atoms with Crippen molar-refractivity contribution in [2.75, 3.05) is 27.4 Å². The molecule has 2 aromatic heterocycles. The van der Waals surface area contributed by atoms with Crippen molar-refractivity contribution in [1.29, 1.82) is 0 Å². The number of aliphatic hydroxyl groups excluding tert-OH is 1. The Kier molecular flexibility index (Phi) is 10.2. The highest BCUT2D eigenvalue weighted by atomic mass is 16.5. The number of imidazole rings is 1. The molecule has 1 aromatic carbocycles. The predicted molar refractivity (Wildman–Crippen MR) is 146 cm³/mol. The molecule has 0 aliphatic heterocycles. The van der Waals surface area contributed by atoms with Crippen LogP contribution in [0.3, 0.4) is 0 Å². The fourth-order valence-electron chi connectivity index (χ4n) is 4.55. The van der Waals surface area contributed by atoms with E-state index in [2.05, 4.69) is 9.88 Å². The number of carbonyl (C=O) groups is 1. The van der Waals surface area contributed by atoms with Crippen LogP contribution in [0, 0.1) is 12.8 Å². The van der Waals surface area contributed by atoms with Crippen molar-refractivity contribution in [1.82, 2.24) is 19.4 Å². The summed E-state index contributed by atoms with van der Waals surface area (Å²) in [6.45, 7) is 8.85. The Balaban J connectivity index is 2.03. The van der Waals surface area contributed by atoms with Crippen LogP contribution in [0.5, 0.6) is 0 Å². The first kappa shape index (κ1) is 29.5. The summed E-state index contributed by atoms with van der Waals surface area (Å²) in [7, 11) is 5.06. The quantitative estimate of drug-likeness (QED) is 0.325. The van der Waals surface area contributed by atoms with Crippen molar-refractivity contribution in [3.63, 3.8) is 0 Å². The van der Waals surface area contributed by atoms with Gasteiger partial charge in [-0.3, -0.25) is 14.9 Å². The van der Waals surface area contributed by atoms with Crippen molar-refractivity contribution in [3.8, 4) is 11.4 Å². The summed E-state index contributed by atoms with van der Waals surface area (Å²) in [6.07, 6.45) is 0.604. The number of pyridine rings is 1. The number of fused-ring (bicyclic) bond motifs is 1. The number of hydrogen-bond acceptors (Lipinski definition) is 8. The van der Waals surface area contributed by atoms with Gasteiger partial charge >= 0.3 is 5.97 Å². The Morgan fingerprint density at radius 3 is 2.39 bits per heavy atom. The molecule has 0 bridgehead atoms. The van der Waals surface area contributed by atoms with Gasteiger partial charge in [-0.05, 0) is 51.5 Å². The number of aliphatic hydroxyl groups is 1. The van der Waals surface area contributed by atoms with Gasteiger partial charge in [0.2, 0.25) is 0 Å². The van der Waals surface area contributed by atoms with E-state index < -0.39 is 18.1 Å². The highest BCUT2D eigenvalue weighted by Crippen LogP contribution is 2.27. The van der Waals surface area contributed by atoms with Crippen molar-refractivity contribution in [2.24, 2.45) is 13.0 Å². The Morgan fingerprint density at radius 1 is 1.13 bits per heavy atom. The minimum atomic E-state index is -0.918. The number of hydrogen-bond donors (Lipinski definition) is 2. The molecule has 0 radical (unpaired) electrons. The number of nitrogens with one attached hydrogen (secondary N) is 1. The fraction of sp³-hybridized carbons (Fsp3) is 0.536. The third-order valence-corrected chi connectivity index (χ3v) is 6.29. The maximum absolute atomic E-state index is 12.5. The number of methoxy groups -OCH3 is 2. The second-order valence-corrected chi connectivity index (χ2v) is 10.1. The van der Waals surface area contributed by atoms with E-state index in [9.17, 15) is 14.7 Å². The molecule has 208 valence electrons. The van der Waals surface area contributed by atoms with Crippen LogP contribution in [0.4, 0.5) is 0 Å². The second kappa shape index (κ2) is 13.1. The lowest BCUT2D eigenvalue weighted by Gasteiger charge is -2.21. The van der Waals surface area contributed by atoms with E-state index in [-0.39, 0.29) is 17.6 Å². The summed E-state index contributed by atoms with van der Waals surface area (Å²) in [6, 6.07) is 6.91. The zero-order valence-corrected chi connectivity index (χ0v) is 23.4. The number of ether oxygens (including phenoxy) is 3. The van der Waals surface area contributed by atoms with Gasteiger partial charge in [-0.25, -0.2) is 4.98 Å². The standard InChI is InChI=1S/C28H40N4O6/c1-17(2)38-28(35)25(19(4)33)29-12-20-8-9-23-24(11-20)32(13-21(15-36-6)16-37-7)26(30-23)22-10-18(3)27(34)31(5)14-22/h8-11,14,17,19,21,25,29,33H,12-13,15-16H2,1-7H3/t19-,25+/m1/s1. The molecular weight excluding hydrogens is 488 g/mol. The maximum atomic E-state index is 12.5. The van der Waals surface area contributed by atoms with Gasteiger partial charge in [0.25, 0.3) is 5.56 Å². The summed E-state index contributed by atoms with van der Waals surface area (Å²) in [5.41, 5.74) is 4.04. The summed E-state index contributed by atoms with van der Waals surface area (Å²) in [5, 5.41) is 13.3. The highest BCUT2D eigenvalue weighted by molar-refractivity contribution is 5.81. The van der Waals surface area contributed by atoms with Crippen molar-refractivity contribution < 1.29 is 24.1 Å². The number of carbonyl (C=O) groups excluding carboxylic acids is 1. The number of rotatable bonds is 13. The van der Waals surface area contributed by atoms with Gasteiger partial charge in [-0.15, -0.1) is 0 Å². The van der Waals surface area contributed by atoms with Gasteiger partial charge in [0.05, 0.1) is 36.5 Å². The maximum Gasteiger partial charge on any atom is 0.326 e. The molecule has 2 atom stereocenters. The van der Waals surface area contributed by atoms with Gasteiger partial charge < -0.3 is 28.5 Å². The molecule has 0 saturated carbocycles. The van der Waals surface area contributed by atoms with Crippen molar-refractivity contribution in [3.05, 3.63) is 51.9 Å². The van der Waals surface area contributed by atoms with E-state index in [1.54, 1.807) is 59.7 Å². The van der Waals surface area contributed by atoms with Crippen LogP contribution in [0.2, 0.25) is 0 Å². The number of benzene rings is 1. The molecule has 0 amide bonds. The van der Waals surface area contributed by atoms with E-state index >= 15 is 0 Å². The van der Waals surface area contributed by atoms with Crippen molar-refractivity contribution in [2.45, 2.75) is 59.0 Å². The van der Waals surface area contributed by atoms with E-state index in [1.807, 2.05) is 24.3 Å². The first-order valence-corrected chi connectivity index (χ1v) is 12.8. The van der Waals surface area contributed by atoms with Crippen LogP contribution in [0.25, 0.3) is 22.4 Å². The second-order valence-electron chi connectivity index (χ2n) is 10.1. The van der Waals surface area contributed by atoms with Crippen LogP contribution in [0.1, 0.15) is 31.9 Å². The predicted octanol–water partition coefficient (Wildman–Crippen LogP) is 2.41. The molecule has 0 saturated heterocycles. The molecule has 0 aliphatic carbocycles. The summed E-state index contributed by atoms with van der Waals surface area (Å²) >= 11 is 0. The molecule has 2 N–H and O–H groups in total.